The molecule has 0 saturated heterocycles. The van der Waals surface area contributed by atoms with E-state index in [1.807, 2.05) is 0 Å². The lowest BCUT2D eigenvalue weighted by atomic mass is 9.69. The normalized spacial score (nSPS) is 16.5. The Hall–Kier alpha value is -2.05. The molecule has 2 N–H and O–H groups in total. The van der Waals surface area contributed by atoms with E-state index in [1.54, 1.807) is 0 Å². The number of aromatic nitrogens is 1. The third-order valence-corrected chi connectivity index (χ3v) is 3.44. The van der Waals surface area contributed by atoms with E-state index >= 15 is 0 Å². The molecule has 5 nitrogen and oxygen atoms in total. The number of nitrogens with one attached hydrogen (secondary N) is 1. The molecule has 1 aliphatic rings. The van der Waals surface area contributed by atoms with Crippen molar-refractivity contribution >= 4 is 11.9 Å². The lowest BCUT2D eigenvalue weighted by Gasteiger charge is -2.37. The van der Waals surface area contributed by atoms with Crippen LogP contribution in [0.15, 0.2) is 12.3 Å². The zero-order valence-electron chi connectivity index (χ0n) is 9.95. The van der Waals surface area contributed by atoms with Gasteiger partial charge >= 0.3 is 5.97 Å². The van der Waals surface area contributed by atoms with Gasteiger partial charge in [0.1, 0.15) is 0 Å². The number of aliphatic carboxylic acids is 1. The number of carbonyl (C=O) groups excluding carboxylic acids is 1. The lowest BCUT2D eigenvalue weighted by molar-refractivity contribution is -0.153. The van der Waals surface area contributed by atoms with Crippen LogP contribution in [0.4, 0.5) is 8.78 Å². The zero-order chi connectivity index (χ0) is 14.0. The molecule has 0 radical (unpaired) electrons. The van der Waals surface area contributed by atoms with E-state index < -0.39 is 34.6 Å². The molecule has 1 aromatic heterocycles. The van der Waals surface area contributed by atoms with Crippen molar-refractivity contribution in [3.8, 4) is 0 Å². The van der Waals surface area contributed by atoms with Crippen LogP contribution >= 0.6 is 0 Å². The average molecular weight is 270 g/mol. The smallest absolute Gasteiger partial charge is 0.311 e. The molecular formula is C12H12F2N2O3. The first-order valence-corrected chi connectivity index (χ1v) is 5.78. The van der Waals surface area contributed by atoms with Crippen LogP contribution in [0.1, 0.15) is 29.6 Å². The molecule has 102 valence electrons. The fourth-order valence-electron chi connectivity index (χ4n) is 2.01. The number of rotatable bonds is 4. The molecule has 2 rings (SSSR count). The van der Waals surface area contributed by atoms with Crippen molar-refractivity contribution in [2.45, 2.75) is 19.3 Å². The summed E-state index contributed by atoms with van der Waals surface area (Å²) in [6, 6.07) is 1.04. The number of amides is 1. The zero-order valence-corrected chi connectivity index (χ0v) is 9.95. The summed E-state index contributed by atoms with van der Waals surface area (Å²) < 4.78 is 26.2. The molecule has 1 fully saturated rings. The molecule has 7 heteroatoms. The molecule has 1 saturated carbocycles. The largest absolute Gasteiger partial charge is 0.481 e. The Morgan fingerprint density at radius 3 is 2.63 bits per heavy atom. The lowest BCUT2D eigenvalue weighted by Crippen LogP contribution is -2.47. The van der Waals surface area contributed by atoms with Crippen molar-refractivity contribution in [1.29, 1.82) is 0 Å². The third-order valence-electron chi connectivity index (χ3n) is 3.44. The summed E-state index contributed by atoms with van der Waals surface area (Å²) in [5.41, 5.74) is -1.45. The van der Waals surface area contributed by atoms with Gasteiger partial charge in [-0.25, -0.2) is 9.37 Å². The number of carbonyl (C=O) groups is 2. The van der Waals surface area contributed by atoms with Crippen LogP contribution in [0.3, 0.4) is 0 Å². The summed E-state index contributed by atoms with van der Waals surface area (Å²) in [6.07, 6.45) is 2.69. The predicted molar refractivity (Wildman–Crippen MR) is 60.4 cm³/mol. The van der Waals surface area contributed by atoms with E-state index in [4.69, 9.17) is 5.11 Å². The SMILES string of the molecule is O=C(NCC1(C(=O)O)CCC1)c1ccnc(F)c1F. The first-order valence-electron chi connectivity index (χ1n) is 5.78. The van der Waals surface area contributed by atoms with Crippen molar-refractivity contribution in [3.05, 3.63) is 29.6 Å². The maximum atomic E-state index is 13.3. The Kier molecular flexibility index (Phi) is 3.46. The van der Waals surface area contributed by atoms with Gasteiger partial charge in [0.15, 0.2) is 5.82 Å². The minimum absolute atomic E-state index is 0.0927. The van der Waals surface area contributed by atoms with Gasteiger partial charge in [0, 0.05) is 12.7 Å². The summed E-state index contributed by atoms with van der Waals surface area (Å²) in [5, 5.41) is 11.4. The highest BCUT2D eigenvalue weighted by molar-refractivity contribution is 5.94. The molecule has 1 aromatic rings. The van der Waals surface area contributed by atoms with Crippen LogP contribution in [-0.4, -0.2) is 28.5 Å². The van der Waals surface area contributed by atoms with Gasteiger partial charge < -0.3 is 10.4 Å². The number of carboxylic acids is 1. The maximum absolute atomic E-state index is 13.3. The van der Waals surface area contributed by atoms with Gasteiger partial charge in [0.2, 0.25) is 5.95 Å². The molecule has 0 spiro atoms. The highest BCUT2D eigenvalue weighted by Gasteiger charge is 2.44. The monoisotopic (exact) mass is 270 g/mol. The van der Waals surface area contributed by atoms with Gasteiger partial charge in [-0.1, -0.05) is 6.42 Å². The molecule has 0 aliphatic heterocycles. The Labute approximate surface area is 107 Å². The van der Waals surface area contributed by atoms with Crippen LogP contribution < -0.4 is 5.32 Å². The highest BCUT2D eigenvalue weighted by Crippen LogP contribution is 2.40. The summed E-state index contributed by atoms with van der Waals surface area (Å²) in [7, 11) is 0. The Morgan fingerprint density at radius 1 is 1.42 bits per heavy atom. The number of nitrogens with zero attached hydrogens (tertiary/aromatic N) is 1. The second-order valence-electron chi connectivity index (χ2n) is 4.59. The van der Waals surface area contributed by atoms with Crippen LogP contribution in [0, 0.1) is 17.2 Å². The second kappa shape index (κ2) is 4.91. The molecule has 0 unspecified atom stereocenters. The van der Waals surface area contributed by atoms with E-state index in [1.165, 1.54) is 0 Å². The van der Waals surface area contributed by atoms with Crippen molar-refractivity contribution in [2.24, 2.45) is 5.41 Å². The van der Waals surface area contributed by atoms with Gasteiger partial charge in [-0.15, -0.1) is 0 Å². The van der Waals surface area contributed by atoms with Gasteiger partial charge in [0.25, 0.3) is 5.91 Å². The average Bonchev–Trinajstić information content (AvgIpc) is 2.30. The second-order valence-corrected chi connectivity index (χ2v) is 4.59. The van der Waals surface area contributed by atoms with E-state index in [9.17, 15) is 18.4 Å². The van der Waals surface area contributed by atoms with Gasteiger partial charge in [-0.05, 0) is 18.9 Å². The quantitative estimate of drug-likeness (QED) is 0.809. The summed E-state index contributed by atoms with van der Waals surface area (Å²) >= 11 is 0. The molecule has 0 atom stereocenters. The predicted octanol–water partition coefficient (Wildman–Crippen LogP) is 1.34. The van der Waals surface area contributed by atoms with E-state index in [0.29, 0.717) is 12.8 Å². The minimum atomic E-state index is -1.36. The molecule has 1 amide bonds. The first kappa shape index (κ1) is 13.4. The molecule has 0 aromatic carbocycles. The molecule has 1 aliphatic carbocycles. The Bertz CT molecular complexity index is 530. The standard InChI is InChI=1S/C12H12F2N2O3/c13-8-7(2-5-15-9(8)14)10(17)16-6-12(11(18)19)3-1-4-12/h2,5H,1,3-4,6H2,(H,16,17)(H,18,19). The first-order chi connectivity index (χ1) is 8.96. The maximum Gasteiger partial charge on any atom is 0.311 e. The van der Waals surface area contributed by atoms with Crippen LogP contribution in [-0.2, 0) is 4.79 Å². The minimum Gasteiger partial charge on any atom is -0.481 e. The number of halogens is 2. The third kappa shape index (κ3) is 2.40. The van der Waals surface area contributed by atoms with Crippen LogP contribution in [0.25, 0.3) is 0 Å². The Balaban J connectivity index is 2.06. The summed E-state index contributed by atoms with van der Waals surface area (Å²) in [4.78, 5) is 25.8. The summed E-state index contributed by atoms with van der Waals surface area (Å²) in [6.45, 7) is -0.0927. The topological polar surface area (TPSA) is 79.3 Å². The fourth-order valence-corrected chi connectivity index (χ4v) is 2.01. The molecular weight excluding hydrogens is 258 g/mol. The van der Waals surface area contributed by atoms with Gasteiger partial charge in [-0.2, -0.15) is 4.39 Å². The number of carboxylic acid groups (broad SMARTS) is 1. The highest BCUT2D eigenvalue weighted by atomic mass is 19.2. The van der Waals surface area contributed by atoms with Crippen molar-refractivity contribution in [2.75, 3.05) is 6.54 Å². The number of hydrogen-bond acceptors (Lipinski definition) is 3. The molecule has 0 bridgehead atoms. The van der Waals surface area contributed by atoms with Gasteiger partial charge in [-0.3, -0.25) is 9.59 Å². The van der Waals surface area contributed by atoms with Crippen molar-refractivity contribution in [1.82, 2.24) is 10.3 Å². The fraction of sp³-hybridized carbons (Fsp3) is 0.417. The van der Waals surface area contributed by atoms with E-state index in [0.717, 1.165) is 18.7 Å². The van der Waals surface area contributed by atoms with E-state index in [-0.39, 0.29) is 6.54 Å². The van der Waals surface area contributed by atoms with E-state index in [2.05, 4.69) is 10.3 Å². The number of hydrogen-bond donors (Lipinski definition) is 2. The van der Waals surface area contributed by atoms with Crippen molar-refractivity contribution < 1.29 is 23.5 Å². The van der Waals surface area contributed by atoms with Crippen molar-refractivity contribution in [3.63, 3.8) is 0 Å². The molecule has 19 heavy (non-hydrogen) atoms. The molecule has 1 heterocycles. The van der Waals surface area contributed by atoms with Gasteiger partial charge in [0.05, 0.1) is 11.0 Å². The Morgan fingerprint density at radius 2 is 2.11 bits per heavy atom. The summed E-state index contributed by atoms with van der Waals surface area (Å²) in [5.74, 6) is -4.52. The van der Waals surface area contributed by atoms with Crippen LogP contribution in [0.2, 0.25) is 0 Å². The number of pyridine rings is 1. The van der Waals surface area contributed by atoms with Crippen LogP contribution in [0.5, 0.6) is 0 Å².